The van der Waals surface area contributed by atoms with Gasteiger partial charge in [0.2, 0.25) is 0 Å². The molecular weight excluding hydrogens is 520 g/mol. The van der Waals surface area contributed by atoms with E-state index in [-0.39, 0.29) is 17.9 Å². The first kappa shape index (κ1) is 28.1. The Bertz CT molecular complexity index is 1490. The van der Waals surface area contributed by atoms with Crippen LogP contribution >= 0.6 is 0 Å². The molecule has 0 radical (unpaired) electrons. The van der Waals surface area contributed by atoms with E-state index in [0.717, 1.165) is 31.5 Å². The normalized spacial score (nSPS) is 16.5. The minimum absolute atomic E-state index is 0.0278. The molecule has 3 aromatic carbocycles. The third kappa shape index (κ3) is 5.73. The molecule has 9 heteroatoms. The molecular formula is C32H34N4O5. The third-order valence-electron chi connectivity index (χ3n) is 7.64. The number of rotatable bonds is 7. The zero-order valence-electron chi connectivity index (χ0n) is 23.7. The molecule has 2 aliphatic heterocycles. The zero-order valence-corrected chi connectivity index (χ0v) is 23.7. The Morgan fingerprint density at radius 1 is 0.976 bits per heavy atom. The Hall–Kier alpha value is -4.47. The van der Waals surface area contributed by atoms with Gasteiger partial charge in [-0.3, -0.25) is 14.4 Å². The fraction of sp³-hybridized carbons (Fsp3) is 0.281. The second-order valence-corrected chi connectivity index (χ2v) is 10.3. The van der Waals surface area contributed by atoms with Gasteiger partial charge in [0.25, 0.3) is 11.8 Å². The Morgan fingerprint density at radius 3 is 2.29 bits per heavy atom. The van der Waals surface area contributed by atoms with E-state index in [1.165, 1.54) is 19.3 Å². The maximum absolute atomic E-state index is 13.3. The molecule has 0 spiro atoms. The van der Waals surface area contributed by atoms with Gasteiger partial charge in [-0.2, -0.15) is 0 Å². The van der Waals surface area contributed by atoms with E-state index in [1.54, 1.807) is 18.2 Å². The van der Waals surface area contributed by atoms with Crippen molar-refractivity contribution in [2.45, 2.75) is 25.8 Å². The lowest BCUT2D eigenvalue weighted by Crippen LogP contribution is -2.46. The molecule has 0 atom stereocenters. The highest BCUT2D eigenvalue weighted by molar-refractivity contribution is 6.37. The van der Waals surface area contributed by atoms with Crippen LogP contribution in [-0.4, -0.2) is 68.1 Å². The molecule has 2 N–H and O–H groups in total. The van der Waals surface area contributed by atoms with Crippen LogP contribution < -0.4 is 10.6 Å². The number of hydrogen-bond donors (Lipinski definition) is 2. The summed E-state index contributed by atoms with van der Waals surface area (Å²) in [6.07, 6.45) is 1.71. The van der Waals surface area contributed by atoms with Crippen molar-refractivity contribution in [2.75, 3.05) is 45.0 Å². The Kier molecular flexibility index (Phi) is 8.19. The predicted octanol–water partition coefficient (Wildman–Crippen LogP) is 4.81. The minimum Gasteiger partial charge on any atom is -0.465 e. The van der Waals surface area contributed by atoms with Gasteiger partial charge in [-0.1, -0.05) is 30.3 Å². The number of carbonyl (C=O) groups is 3. The van der Waals surface area contributed by atoms with Gasteiger partial charge in [0.15, 0.2) is 0 Å². The van der Waals surface area contributed by atoms with Crippen LogP contribution in [0.5, 0.6) is 0 Å². The van der Waals surface area contributed by atoms with Crippen LogP contribution in [0, 0.1) is 6.92 Å². The maximum atomic E-state index is 13.3. The number of piperidine rings is 1. The molecule has 1 saturated heterocycles. The summed E-state index contributed by atoms with van der Waals surface area (Å²) >= 11 is 0. The molecule has 3 aromatic rings. The monoisotopic (exact) mass is 554 g/mol. The number of hydrogen-bond acceptors (Lipinski definition) is 7. The average molecular weight is 555 g/mol. The number of methoxy groups -OCH3 is 1. The van der Waals surface area contributed by atoms with Crippen LogP contribution in [0.25, 0.3) is 11.3 Å². The van der Waals surface area contributed by atoms with Crippen molar-refractivity contribution in [1.82, 2.24) is 9.96 Å². The van der Waals surface area contributed by atoms with Crippen molar-refractivity contribution in [1.29, 1.82) is 0 Å². The summed E-state index contributed by atoms with van der Waals surface area (Å²) in [4.78, 5) is 46.6. The number of anilines is 2. The number of likely N-dealkylation sites (tertiary alicyclic amines) is 1. The number of esters is 1. The summed E-state index contributed by atoms with van der Waals surface area (Å²) in [5.74, 6) is -0.930. The quantitative estimate of drug-likeness (QED) is 0.246. The highest BCUT2D eigenvalue weighted by Crippen LogP contribution is 2.39. The number of carbonyl (C=O) groups excluding carboxylic acids is 3. The van der Waals surface area contributed by atoms with Crippen LogP contribution in [0.2, 0.25) is 0 Å². The SMILES string of the molecule is COC(=O)c1cc2c(cc1C)/C(=C(/Nc1ccc(C(=O)N(OC)C3CCN(C)CC3)cc1)c1ccccc1)C(=O)N2. The number of nitrogens with zero attached hydrogens (tertiary/aromatic N) is 2. The summed E-state index contributed by atoms with van der Waals surface area (Å²) in [5.41, 5.74) is 5.43. The molecule has 1 fully saturated rings. The number of hydroxylamine groups is 2. The zero-order chi connectivity index (χ0) is 29.1. The van der Waals surface area contributed by atoms with E-state index in [9.17, 15) is 14.4 Å². The van der Waals surface area contributed by atoms with Crippen molar-refractivity contribution in [3.05, 3.63) is 94.5 Å². The molecule has 0 aromatic heterocycles. The van der Waals surface area contributed by atoms with Crippen molar-refractivity contribution in [3.8, 4) is 0 Å². The summed E-state index contributed by atoms with van der Waals surface area (Å²) in [5, 5.41) is 7.80. The summed E-state index contributed by atoms with van der Waals surface area (Å²) < 4.78 is 4.90. The van der Waals surface area contributed by atoms with Crippen LogP contribution in [0.4, 0.5) is 11.4 Å². The summed E-state index contributed by atoms with van der Waals surface area (Å²) in [6.45, 7) is 3.64. The second-order valence-electron chi connectivity index (χ2n) is 10.3. The highest BCUT2D eigenvalue weighted by Gasteiger charge is 2.31. The standard InChI is InChI=1S/C32H34N4O5/c1-20-18-26-27(19-25(20)32(39)40-3)34-30(37)28(26)29(21-8-6-5-7-9-21)33-23-12-10-22(11-13-23)31(38)36(41-4)24-14-16-35(2)17-15-24/h5-13,18-19,24,33H,14-17H2,1-4H3,(H,34,37)/b29-28-. The number of nitrogens with one attached hydrogen (secondary N) is 2. The summed E-state index contributed by atoms with van der Waals surface area (Å²) in [6, 6.07) is 20.2. The maximum Gasteiger partial charge on any atom is 0.338 e. The van der Waals surface area contributed by atoms with Gasteiger partial charge >= 0.3 is 5.97 Å². The van der Waals surface area contributed by atoms with E-state index in [2.05, 4.69) is 22.6 Å². The molecule has 2 aliphatic rings. The predicted molar refractivity (Wildman–Crippen MR) is 158 cm³/mol. The largest absolute Gasteiger partial charge is 0.465 e. The number of fused-ring (bicyclic) bond motifs is 1. The first-order valence-corrected chi connectivity index (χ1v) is 13.6. The lowest BCUT2D eigenvalue weighted by molar-refractivity contribution is -0.132. The van der Waals surface area contributed by atoms with Gasteiger partial charge in [0.05, 0.1) is 42.8 Å². The molecule has 5 rings (SSSR count). The van der Waals surface area contributed by atoms with Gasteiger partial charge in [-0.25, -0.2) is 9.86 Å². The van der Waals surface area contributed by atoms with Crippen LogP contribution in [0.1, 0.15) is 50.2 Å². The van der Waals surface area contributed by atoms with Gasteiger partial charge in [-0.15, -0.1) is 0 Å². The van der Waals surface area contributed by atoms with E-state index in [0.29, 0.717) is 44.9 Å². The van der Waals surface area contributed by atoms with E-state index >= 15 is 0 Å². The van der Waals surface area contributed by atoms with Crippen molar-refractivity contribution in [2.24, 2.45) is 0 Å². The van der Waals surface area contributed by atoms with Crippen molar-refractivity contribution in [3.63, 3.8) is 0 Å². The molecule has 2 amide bonds. The lowest BCUT2D eigenvalue weighted by Gasteiger charge is -2.35. The third-order valence-corrected chi connectivity index (χ3v) is 7.64. The van der Waals surface area contributed by atoms with Crippen molar-refractivity contribution < 1.29 is 24.0 Å². The van der Waals surface area contributed by atoms with Crippen LogP contribution in [-0.2, 0) is 14.4 Å². The minimum atomic E-state index is -0.462. The molecule has 0 bridgehead atoms. The van der Waals surface area contributed by atoms with E-state index < -0.39 is 5.97 Å². The van der Waals surface area contributed by atoms with Crippen LogP contribution in [0.3, 0.4) is 0 Å². The fourth-order valence-corrected chi connectivity index (χ4v) is 5.38. The first-order valence-electron chi connectivity index (χ1n) is 13.6. The van der Waals surface area contributed by atoms with Gasteiger partial charge < -0.3 is 20.3 Å². The Labute approximate surface area is 239 Å². The van der Waals surface area contributed by atoms with E-state index in [4.69, 9.17) is 9.57 Å². The number of aryl methyl sites for hydroxylation is 1. The number of amides is 2. The van der Waals surface area contributed by atoms with E-state index in [1.807, 2.05) is 55.5 Å². The molecule has 9 nitrogen and oxygen atoms in total. The summed E-state index contributed by atoms with van der Waals surface area (Å²) in [7, 11) is 4.94. The fourth-order valence-electron chi connectivity index (χ4n) is 5.38. The topological polar surface area (TPSA) is 100 Å². The average Bonchev–Trinajstić information content (AvgIpc) is 3.31. The van der Waals surface area contributed by atoms with Gasteiger partial charge in [0.1, 0.15) is 0 Å². The first-order chi connectivity index (χ1) is 19.8. The smallest absolute Gasteiger partial charge is 0.338 e. The Morgan fingerprint density at radius 2 is 1.66 bits per heavy atom. The molecule has 41 heavy (non-hydrogen) atoms. The van der Waals surface area contributed by atoms with Crippen molar-refractivity contribution >= 4 is 40.4 Å². The molecule has 2 heterocycles. The highest BCUT2D eigenvalue weighted by atomic mass is 16.7. The molecule has 0 aliphatic carbocycles. The number of ether oxygens (including phenoxy) is 1. The second kappa shape index (κ2) is 12.0. The molecule has 0 unspecified atom stereocenters. The van der Waals surface area contributed by atoms with Gasteiger partial charge in [-0.05, 0) is 87.4 Å². The Balaban J connectivity index is 1.47. The molecule has 212 valence electrons. The van der Waals surface area contributed by atoms with Crippen LogP contribution in [0.15, 0.2) is 66.7 Å². The molecule has 0 saturated carbocycles. The van der Waals surface area contributed by atoms with Gasteiger partial charge in [0, 0.05) is 16.8 Å². The lowest BCUT2D eigenvalue weighted by atomic mass is 9.96. The number of benzene rings is 3.